The van der Waals surface area contributed by atoms with Crippen molar-refractivity contribution in [3.05, 3.63) is 52.3 Å². The minimum atomic E-state index is -0.539. The first-order chi connectivity index (χ1) is 10.5. The molecule has 112 valence electrons. The third kappa shape index (κ3) is 3.48. The van der Waals surface area contributed by atoms with E-state index < -0.39 is 5.91 Å². The van der Waals surface area contributed by atoms with E-state index in [4.69, 9.17) is 26.0 Å². The number of hydrogen-bond acceptors (Lipinski definition) is 4. The van der Waals surface area contributed by atoms with Crippen molar-refractivity contribution in [2.45, 2.75) is 6.92 Å². The maximum absolute atomic E-state index is 12.2. The van der Waals surface area contributed by atoms with Crippen molar-refractivity contribution in [2.75, 3.05) is 12.4 Å². The standard InChI is InChI=1S/C16H13ClN2O3/c1-10-13(17)4-3-5-14(10)19-16(20)11(9-18)8-12-6-7-15(21-2)22-12/h3-8H,1-2H3,(H,19,20)/b11-8+. The minimum Gasteiger partial charge on any atom is -0.468 e. The lowest BCUT2D eigenvalue weighted by molar-refractivity contribution is -0.112. The minimum absolute atomic E-state index is 0.0867. The van der Waals surface area contributed by atoms with Gasteiger partial charge in [-0.3, -0.25) is 4.79 Å². The summed E-state index contributed by atoms with van der Waals surface area (Å²) < 4.78 is 10.2. The van der Waals surface area contributed by atoms with E-state index in [1.807, 2.05) is 6.07 Å². The van der Waals surface area contributed by atoms with Crippen LogP contribution in [-0.2, 0) is 4.79 Å². The van der Waals surface area contributed by atoms with E-state index in [0.717, 1.165) is 5.56 Å². The molecule has 22 heavy (non-hydrogen) atoms. The van der Waals surface area contributed by atoms with Crippen LogP contribution in [0.5, 0.6) is 5.95 Å². The number of benzene rings is 1. The predicted octanol–water partition coefficient (Wildman–Crippen LogP) is 3.80. The Morgan fingerprint density at radius 2 is 2.18 bits per heavy atom. The third-order valence-corrected chi connectivity index (χ3v) is 3.38. The van der Waals surface area contributed by atoms with Crippen LogP contribution in [0.25, 0.3) is 6.08 Å². The van der Waals surface area contributed by atoms with Gasteiger partial charge in [0.2, 0.25) is 0 Å². The molecule has 0 saturated carbocycles. The Kier molecular flexibility index (Phi) is 4.87. The number of anilines is 1. The molecule has 0 radical (unpaired) electrons. The number of carbonyl (C=O) groups excluding carboxylic acids is 1. The molecule has 1 aromatic carbocycles. The lowest BCUT2D eigenvalue weighted by atomic mass is 10.1. The highest BCUT2D eigenvalue weighted by atomic mass is 35.5. The molecule has 6 heteroatoms. The van der Waals surface area contributed by atoms with Crippen LogP contribution in [0.1, 0.15) is 11.3 Å². The molecule has 0 aliphatic heterocycles. The highest BCUT2D eigenvalue weighted by molar-refractivity contribution is 6.31. The van der Waals surface area contributed by atoms with Crippen LogP contribution in [0.4, 0.5) is 5.69 Å². The summed E-state index contributed by atoms with van der Waals surface area (Å²) in [7, 11) is 1.46. The molecule has 2 aromatic rings. The fourth-order valence-electron chi connectivity index (χ4n) is 1.75. The van der Waals surface area contributed by atoms with Gasteiger partial charge >= 0.3 is 0 Å². The number of nitrogens with one attached hydrogen (secondary N) is 1. The fraction of sp³-hybridized carbons (Fsp3) is 0.125. The summed E-state index contributed by atoms with van der Waals surface area (Å²) in [5.41, 5.74) is 1.20. The Bertz CT molecular complexity index is 772. The molecule has 0 bridgehead atoms. The molecule has 0 unspecified atom stereocenters. The zero-order valence-electron chi connectivity index (χ0n) is 12.0. The number of hydrogen-bond donors (Lipinski definition) is 1. The van der Waals surface area contributed by atoms with Crippen molar-refractivity contribution < 1.29 is 13.9 Å². The number of nitriles is 1. The number of halogens is 1. The molecular weight excluding hydrogens is 304 g/mol. The van der Waals surface area contributed by atoms with Gasteiger partial charge in [0.1, 0.15) is 17.4 Å². The molecule has 0 saturated heterocycles. The van der Waals surface area contributed by atoms with Gasteiger partial charge in [0.15, 0.2) is 0 Å². The number of ether oxygens (including phenoxy) is 1. The van der Waals surface area contributed by atoms with E-state index in [0.29, 0.717) is 22.4 Å². The molecule has 0 aliphatic carbocycles. The van der Waals surface area contributed by atoms with Gasteiger partial charge in [-0.2, -0.15) is 5.26 Å². The van der Waals surface area contributed by atoms with Crippen LogP contribution in [0.15, 0.2) is 40.3 Å². The van der Waals surface area contributed by atoms with Crippen molar-refractivity contribution in [3.63, 3.8) is 0 Å². The molecule has 1 N–H and O–H groups in total. The summed E-state index contributed by atoms with van der Waals surface area (Å²) in [5, 5.41) is 12.3. The van der Waals surface area contributed by atoms with Crippen molar-refractivity contribution in [2.24, 2.45) is 0 Å². The molecule has 0 aliphatic rings. The number of furan rings is 1. The van der Waals surface area contributed by atoms with Gasteiger partial charge in [-0.15, -0.1) is 0 Å². The second-order valence-electron chi connectivity index (χ2n) is 4.40. The summed E-state index contributed by atoms with van der Waals surface area (Å²) in [5.74, 6) is 0.115. The third-order valence-electron chi connectivity index (χ3n) is 2.97. The number of carbonyl (C=O) groups is 1. The molecule has 2 rings (SSSR count). The van der Waals surface area contributed by atoms with E-state index in [2.05, 4.69) is 5.32 Å². The predicted molar refractivity (Wildman–Crippen MR) is 83.7 cm³/mol. The Labute approximate surface area is 132 Å². The summed E-state index contributed by atoms with van der Waals surface area (Å²) in [6.07, 6.45) is 1.34. The monoisotopic (exact) mass is 316 g/mol. The average Bonchev–Trinajstić information content (AvgIpc) is 2.97. The molecule has 1 amide bonds. The molecule has 5 nitrogen and oxygen atoms in total. The first-order valence-electron chi connectivity index (χ1n) is 6.37. The molecule has 0 fully saturated rings. The number of methoxy groups -OCH3 is 1. The van der Waals surface area contributed by atoms with Gasteiger partial charge in [0, 0.05) is 22.9 Å². The maximum Gasteiger partial charge on any atom is 0.284 e. The fourth-order valence-corrected chi connectivity index (χ4v) is 1.92. The Morgan fingerprint density at radius 1 is 1.41 bits per heavy atom. The van der Waals surface area contributed by atoms with Gasteiger partial charge < -0.3 is 14.5 Å². The highest BCUT2D eigenvalue weighted by Gasteiger charge is 2.13. The molecule has 1 heterocycles. The van der Waals surface area contributed by atoms with E-state index >= 15 is 0 Å². The summed E-state index contributed by atoms with van der Waals surface area (Å²) in [6, 6.07) is 10.2. The van der Waals surface area contributed by atoms with Crippen molar-refractivity contribution in [3.8, 4) is 12.0 Å². The van der Waals surface area contributed by atoms with Crippen LogP contribution in [0, 0.1) is 18.3 Å². The first kappa shape index (κ1) is 15.7. The van der Waals surface area contributed by atoms with Crippen molar-refractivity contribution in [1.82, 2.24) is 0 Å². The van der Waals surface area contributed by atoms with Crippen LogP contribution < -0.4 is 10.1 Å². The van der Waals surface area contributed by atoms with Gasteiger partial charge in [0.05, 0.1) is 7.11 Å². The van der Waals surface area contributed by atoms with Crippen LogP contribution in [0.3, 0.4) is 0 Å². The van der Waals surface area contributed by atoms with Gasteiger partial charge in [-0.25, -0.2) is 0 Å². The lowest BCUT2D eigenvalue weighted by Crippen LogP contribution is -2.14. The molecule has 1 aromatic heterocycles. The topological polar surface area (TPSA) is 75.3 Å². The summed E-state index contributed by atoms with van der Waals surface area (Å²) in [4.78, 5) is 12.2. The average molecular weight is 317 g/mol. The Hall–Kier alpha value is -2.71. The molecular formula is C16H13ClN2O3. The lowest BCUT2D eigenvalue weighted by Gasteiger charge is -2.08. The second kappa shape index (κ2) is 6.83. The maximum atomic E-state index is 12.2. The summed E-state index contributed by atoms with van der Waals surface area (Å²) >= 11 is 6.00. The highest BCUT2D eigenvalue weighted by Crippen LogP contribution is 2.24. The van der Waals surface area contributed by atoms with Crippen LogP contribution in [-0.4, -0.2) is 13.0 Å². The zero-order chi connectivity index (χ0) is 16.1. The van der Waals surface area contributed by atoms with Crippen molar-refractivity contribution >= 4 is 29.3 Å². The Morgan fingerprint density at radius 3 is 2.82 bits per heavy atom. The van der Waals surface area contributed by atoms with Crippen LogP contribution in [0.2, 0.25) is 5.02 Å². The number of nitrogens with zero attached hydrogens (tertiary/aromatic N) is 1. The normalized spacial score (nSPS) is 10.9. The summed E-state index contributed by atoms with van der Waals surface area (Å²) in [6.45, 7) is 1.78. The van der Waals surface area contributed by atoms with E-state index in [9.17, 15) is 4.79 Å². The van der Waals surface area contributed by atoms with Gasteiger partial charge in [-0.05, 0) is 30.7 Å². The Balaban J connectivity index is 2.22. The smallest absolute Gasteiger partial charge is 0.284 e. The van der Waals surface area contributed by atoms with Crippen molar-refractivity contribution in [1.29, 1.82) is 5.26 Å². The SMILES string of the molecule is COc1ccc(/C=C(\C#N)C(=O)Nc2cccc(Cl)c2C)o1. The van der Waals surface area contributed by atoms with E-state index in [1.54, 1.807) is 37.3 Å². The second-order valence-corrected chi connectivity index (χ2v) is 4.80. The van der Waals surface area contributed by atoms with Crippen LogP contribution >= 0.6 is 11.6 Å². The molecule has 0 spiro atoms. The zero-order valence-corrected chi connectivity index (χ0v) is 12.8. The quantitative estimate of drug-likeness (QED) is 0.687. The van der Waals surface area contributed by atoms with E-state index in [1.165, 1.54) is 13.2 Å². The molecule has 0 atom stereocenters. The van der Waals surface area contributed by atoms with Gasteiger partial charge in [-0.1, -0.05) is 17.7 Å². The number of rotatable bonds is 4. The number of amides is 1. The first-order valence-corrected chi connectivity index (χ1v) is 6.75. The largest absolute Gasteiger partial charge is 0.468 e. The van der Waals surface area contributed by atoms with E-state index in [-0.39, 0.29) is 5.57 Å². The van der Waals surface area contributed by atoms with Gasteiger partial charge in [0.25, 0.3) is 11.9 Å².